The van der Waals surface area contributed by atoms with Gasteiger partial charge in [-0.15, -0.1) is 11.3 Å². The van der Waals surface area contributed by atoms with Crippen LogP contribution in [0.15, 0.2) is 47.8 Å². The summed E-state index contributed by atoms with van der Waals surface area (Å²) >= 11 is 1.77. The van der Waals surface area contributed by atoms with Gasteiger partial charge in [-0.2, -0.15) is 0 Å². The Bertz CT molecular complexity index is 659. The SMILES string of the molecule is Cc1ccc2cccc(NCc3cccs3)c2n1. The van der Waals surface area contributed by atoms with Gasteiger partial charge in [0, 0.05) is 22.5 Å². The highest BCUT2D eigenvalue weighted by Gasteiger charge is 2.02. The number of fused-ring (bicyclic) bond motifs is 1. The molecule has 2 heterocycles. The average molecular weight is 254 g/mol. The smallest absolute Gasteiger partial charge is 0.0936 e. The zero-order chi connectivity index (χ0) is 12.4. The van der Waals surface area contributed by atoms with E-state index < -0.39 is 0 Å². The van der Waals surface area contributed by atoms with E-state index in [1.54, 1.807) is 11.3 Å². The third-order valence-electron chi connectivity index (χ3n) is 2.89. The molecule has 0 saturated heterocycles. The van der Waals surface area contributed by atoms with E-state index in [2.05, 4.69) is 52.1 Å². The molecule has 0 aliphatic rings. The molecule has 1 N–H and O–H groups in total. The van der Waals surface area contributed by atoms with Crippen molar-refractivity contribution in [2.75, 3.05) is 5.32 Å². The topological polar surface area (TPSA) is 24.9 Å². The molecule has 0 fully saturated rings. The molecule has 90 valence electrons. The lowest BCUT2D eigenvalue weighted by molar-refractivity contribution is 1.18. The van der Waals surface area contributed by atoms with Gasteiger partial charge in [0.2, 0.25) is 0 Å². The van der Waals surface area contributed by atoms with Gasteiger partial charge in [0.25, 0.3) is 0 Å². The Hall–Kier alpha value is -1.87. The summed E-state index contributed by atoms with van der Waals surface area (Å²) in [6.07, 6.45) is 0. The van der Waals surface area contributed by atoms with Crippen LogP contribution in [0.3, 0.4) is 0 Å². The van der Waals surface area contributed by atoms with Crippen LogP contribution in [0.2, 0.25) is 0 Å². The molecule has 1 aromatic carbocycles. The molecule has 3 aromatic rings. The molecular weight excluding hydrogens is 240 g/mol. The van der Waals surface area contributed by atoms with Gasteiger partial charge in [-0.1, -0.05) is 24.3 Å². The van der Waals surface area contributed by atoms with Crippen molar-refractivity contribution in [3.8, 4) is 0 Å². The Morgan fingerprint density at radius 1 is 1.11 bits per heavy atom. The quantitative estimate of drug-likeness (QED) is 0.757. The van der Waals surface area contributed by atoms with Crippen LogP contribution in [-0.4, -0.2) is 4.98 Å². The van der Waals surface area contributed by atoms with E-state index >= 15 is 0 Å². The molecule has 0 saturated carbocycles. The first-order valence-electron chi connectivity index (χ1n) is 5.95. The fourth-order valence-electron chi connectivity index (χ4n) is 1.98. The summed E-state index contributed by atoms with van der Waals surface area (Å²) in [5, 5.41) is 6.74. The molecule has 0 amide bonds. The monoisotopic (exact) mass is 254 g/mol. The summed E-state index contributed by atoms with van der Waals surface area (Å²) in [5.41, 5.74) is 3.20. The summed E-state index contributed by atoms with van der Waals surface area (Å²) in [7, 11) is 0. The molecule has 2 aromatic heterocycles. The van der Waals surface area contributed by atoms with E-state index in [9.17, 15) is 0 Å². The fraction of sp³-hybridized carbons (Fsp3) is 0.133. The van der Waals surface area contributed by atoms with Gasteiger partial charge in [0.15, 0.2) is 0 Å². The molecule has 3 rings (SSSR count). The van der Waals surface area contributed by atoms with Gasteiger partial charge in [-0.3, -0.25) is 4.98 Å². The highest BCUT2D eigenvalue weighted by Crippen LogP contribution is 2.22. The van der Waals surface area contributed by atoms with E-state index in [-0.39, 0.29) is 0 Å². The Balaban J connectivity index is 1.93. The second-order valence-electron chi connectivity index (χ2n) is 4.26. The number of thiophene rings is 1. The van der Waals surface area contributed by atoms with Crippen molar-refractivity contribution in [1.82, 2.24) is 4.98 Å². The lowest BCUT2D eigenvalue weighted by Gasteiger charge is -2.08. The normalized spacial score (nSPS) is 10.7. The van der Waals surface area contributed by atoms with Crippen LogP contribution >= 0.6 is 11.3 Å². The minimum absolute atomic E-state index is 0.854. The van der Waals surface area contributed by atoms with Crippen LogP contribution < -0.4 is 5.32 Å². The van der Waals surface area contributed by atoms with Crippen molar-refractivity contribution in [3.05, 3.63) is 58.4 Å². The number of hydrogen-bond acceptors (Lipinski definition) is 3. The number of aryl methyl sites for hydroxylation is 1. The van der Waals surface area contributed by atoms with E-state index in [4.69, 9.17) is 0 Å². The molecule has 0 atom stereocenters. The molecule has 0 aliphatic heterocycles. The molecule has 0 bridgehead atoms. The first kappa shape index (κ1) is 11.2. The Kier molecular flexibility index (Phi) is 2.99. The molecule has 0 spiro atoms. The van der Waals surface area contributed by atoms with Crippen molar-refractivity contribution in [2.24, 2.45) is 0 Å². The molecule has 18 heavy (non-hydrogen) atoms. The number of nitrogens with zero attached hydrogens (tertiary/aromatic N) is 1. The van der Waals surface area contributed by atoms with Crippen molar-refractivity contribution >= 4 is 27.9 Å². The second kappa shape index (κ2) is 4.78. The Labute approximate surface area is 110 Å². The number of hydrogen-bond donors (Lipinski definition) is 1. The maximum absolute atomic E-state index is 4.62. The van der Waals surface area contributed by atoms with E-state index in [0.29, 0.717) is 0 Å². The van der Waals surface area contributed by atoms with Crippen molar-refractivity contribution in [1.29, 1.82) is 0 Å². The first-order valence-corrected chi connectivity index (χ1v) is 6.83. The number of rotatable bonds is 3. The van der Waals surface area contributed by atoms with Gasteiger partial charge in [0.1, 0.15) is 0 Å². The zero-order valence-corrected chi connectivity index (χ0v) is 11.0. The fourth-order valence-corrected chi connectivity index (χ4v) is 2.63. The van der Waals surface area contributed by atoms with Gasteiger partial charge in [-0.25, -0.2) is 0 Å². The van der Waals surface area contributed by atoms with Crippen molar-refractivity contribution in [2.45, 2.75) is 13.5 Å². The van der Waals surface area contributed by atoms with Crippen LogP contribution in [0.1, 0.15) is 10.6 Å². The number of para-hydroxylation sites is 1. The summed E-state index contributed by atoms with van der Waals surface area (Å²) < 4.78 is 0. The number of anilines is 1. The minimum Gasteiger partial charge on any atom is -0.378 e. The predicted octanol–water partition coefficient (Wildman–Crippen LogP) is 4.22. The van der Waals surface area contributed by atoms with E-state index in [0.717, 1.165) is 23.4 Å². The third-order valence-corrected chi connectivity index (χ3v) is 3.77. The highest BCUT2D eigenvalue weighted by molar-refractivity contribution is 7.09. The number of nitrogens with one attached hydrogen (secondary N) is 1. The first-order chi connectivity index (χ1) is 8.83. The maximum atomic E-state index is 4.62. The van der Waals surface area contributed by atoms with Crippen molar-refractivity contribution in [3.63, 3.8) is 0 Å². The van der Waals surface area contributed by atoms with Crippen LogP contribution in [-0.2, 0) is 6.54 Å². The average Bonchev–Trinajstić information content (AvgIpc) is 2.89. The van der Waals surface area contributed by atoms with Crippen LogP contribution in [0.4, 0.5) is 5.69 Å². The van der Waals surface area contributed by atoms with Gasteiger partial charge in [-0.05, 0) is 30.5 Å². The van der Waals surface area contributed by atoms with Crippen LogP contribution in [0.25, 0.3) is 10.9 Å². The van der Waals surface area contributed by atoms with Gasteiger partial charge in [0.05, 0.1) is 11.2 Å². The number of benzene rings is 1. The predicted molar refractivity (Wildman–Crippen MR) is 78.1 cm³/mol. The largest absolute Gasteiger partial charge is 0.378 e. The van der Waals surface area contributed by atoms with E-state index in [1.165, 1.54) is 10.3 Å². The molecule has 0 unspecified atom stereocenters. The summed E-state index contributed by atoms with van der Waals surface area (Å²) in [6, 6.07) is 14.6. The maximum Gasteiger partial charge on any atom is 0.0936 e. The molecule has 0 radical (unpaired) electrons. The Morgan fingerprint density at radius 3 is 2.89 bits per heavy atom. The molecular formula is C15H14N2S. The van der Waals surface area contributed by atoms with Crippen molar-refractivity contribution < 1.29 is 0 Å². The molecule has 0 aliphatic carbocycles. The number of aromatic nitrogens is 1. The second-order valence-corrected chi connectivity index (χ2v) is 5.30. The van der Waals surface area contributed by atoms with Gasteiger partial charge < -0.3 is 5.32 Å². The van der Waals surface area contributed by atoms with Crippen LogP contribution in [0, 0.1) is 6.92 Å². The lowest BCUT2D eigenvalue weighted by Crippen LogP contribution is -1.99. The Morgan fingerprint density at radius 2 is 2.06 bits per heavy atom. The minimum atomic E-state index is 0.854. The highest BCUT2D eigenvalue weighted by atomic mass is 32.1. The van der Waals surface area contributed by atoms with Crippen LogP contribution in [0.5, 0.6) is 0 Å². The lowest BCUT2D eigenvalue weighted by atomic mass is 10.1. The van der Waals surface area contributed by atoms with Gasteiger partial charge >= 0.3 is 0 Å². The molecule has 3 heteroatoms. The summed E-state index contributed by atoms with van der Waals surface area (Å²) in [4.78, 5) is 5.95. The summed E-state index contributed by atoms with van der Waals surface area (Å²) in [5.74, 6) is 0. The standard InChI is InChI=1S/C15H14N2S/c1-11-7-8-12-4-2-6-14(15(12)17-11)16-10-13-5-3-9-18-13/h2-9,16H,10H2,1H3. The zero-order valence-electron chi connectivity index (χ0n) is 10.2. The summed E-state index contributed by atoms with van der Waals surface area (Å²) in [6.45, 7) is 2.88. The number of pyridine rings is 1. The molecule has 2 nitrogen and oxygen atoms in total. The third kappa shape index (κ3) is 2.22. The van der Waals surface area contributed by atoms with E-state index in [1.807, 2.05) is 13.0 Å².